The molecule has 232 valence electrons. The van der Waals surface area contributed by atoms with Crippen molar-refractivity contribution in [2.45, 2.75) is 130 Å². The summed E-state index contributed by atoms with van der Waals surface area (Å²) in [6, 6.07) is 10.1. The van der Waals surface area contributed by atoms with E-state index < -0.39 is 0 Å². The van der Waals surface area contributed by atoms with Crippen LogP contribution in [0.4, 0.5) is 0 Å². The highest BCUT2D eigenvalue weighted by Gasteiger charge is 2.62. The molecule has 5 aliphatic rings. The predicted molar refractivity (Wildman–Crippen MR) is 173 cm³/mol. The lowest BCUT2D eigenvalue weighted by Gasteiger charge is -2.62. The average molecular weight is 574 g/mol. The van der Waals surface area contributed by atoms with Crippen LogP contribution in [0.5, 0.6) is 0 Å². The SMILES string of the molecule is CC(C)CCC[C@H](C)[C@@H]1CC[C@@H]2[C@H]3[C@H](N4CCCCC4)C=C4C[C@H](OC(=O)c5ccccc5)CC[C@@]4(C)[C@H]3CC[C@@]21C. The Morgan fingerprint density at radius 3 is 2.43 bits per heavy atom. The number of esters is 1. The van der Waals surface area contributed by atoms with Crippen LogP contribution in [-0.2, 0) is 4.74 Å². The molecule has 0 spiro atoms. The summed E-state index contributed by atoms with van der Waals surface area (Å²) in [6.07, 6.45) is 19.9. The quantitative estimate of drug-likeness (QED) is 0.229. The van der Waals surface area contributed by atoms with E-state index in [1.165, 1.54) is 77.3 Å². The van der Waals surface area contributed by atoms with Gasteiger partial charge >= 0.3 is 5.97 Å². The second-order valence-corrected chi connectivity index (χ2v) is 16.2. The van der Waals surface area contributed by atoms with E-state index >= 15 is 0 Å². The molecule has 42 heavy (non-hydrogen) atoms. The molecule has 3 saturated carbocycles. The predicted octanol–water partition coefficient (Wildman–Crippen LogP) is 9.72. The number of carbonyl (C=O) groups is 1. The molecule has 0 aromatic heterocycles. The molecule has 4 fully saturated rings. The number of piperidine rings is 1. The summed E-state index contributed by atoms with van der Waals surface area (Å²) in [6.45, 7) is 15.2. The first-order chi connectivity index (χ1) is 20.2. The summed E-state index contributed by atoms with van der Waals surface area (Å²) >= 11 is 0. The van der Waals surface area contributed by atoms with Crippen LogP contribution in [0.25, 0.3) is 0 Å². The smallest absolute Gasteiger partial charge is 0.338 e. The van der Waals surface area contributed by atoms with Crippen molar-refractivity contribution >= 4 is 5.97 Å². The normalized spacial score (nSPS) is 39.1. The zero-order chi connectivity index (χ0) is 29.5. The molecule has 0 amide bonds. The number of benzene rings is 1. The Labute approximate surface area is 257 Å². The van der Waals surface area contributed by atoms with Crippen molar-refractivity contribution in [1.29, 1.82) is 0 Å². The summed E-state index contributed by atoms with van der Waals surface area (Å²) in [5.74, 6) is 4.82. The number of likely N-dealkylation sites (tertiary alicyclic amines) is 1. The lowest BCUT2D eigenvalue weighted by Crippen LogP contribution is -2.59. The minimum Gasteiger partial charge on any atom is -0.458 e. The van der Waals surface area contributed by atoms with Crippen molar-refractivity contribution < 1.29 is 9.53 Å². The molecule has 0 bridgehead atoms. The van der Waals surface area contributed by atoms with Gasteiger partial charge in [-0.15, -0.1) is 0 Å². The molecule has 3 heteroatoms. The van der Waals surface area contributed by atoms with Crippen molar-refractivity contribution in [2.24, 2.45) is 46.3 Å². The van der Waals surface area contributed by atoms with Crippen LogP contribution < -0.4 is 0 Å². The minimum absolute atomic E-state index is 0.00648. The molecule has 1 aromatic rings. The fourth-order valence-corrected chi connectivity index (χ4v) is 11.1. The number of ether oxygens (including phenoxy) is 1. The second kappa shape index (κ2) is 12.4. The highest BCUT2D eigenvalue weighted by molar-refractivity contribution is 5.89. The van der Waals surface area contributed by atoms with Crippen LogP contribution in [0.1, 0.15) is 128 Å². The van der Waals surface area contributed by atoms with Crippen molar-refractivity contribution in [3.63, 3.8) is 0 Å². The molecular formula is C39H59NO2. The monoisotopic (exact) mass is 573 g/mol. The standard InChI is InChI=1S/C39H59NO2/c1-27(2)13-12-14-28(3)32-17-18-33-36-34(20-22-39(32,33)5)38(4)21-19-31(42-37(41)29-15-8-6-9-16-29)25-30(38)26-35(36)40-23-10-7-11-24-40/h6,8-9,15-16,26-28,31-36H,7,10-14,17-25H2,1-5H3/t28-,31+,32-,33+,34-,35+,36+,38+,39+/m0/s1. The number of fused-ring (bicyclic) bond motifs is 5. The number of hydrogen-bond acceptors (Lipinski definition) is 3. The van der Waals surface area contributed by atoms with Crippen molar-refractivity contribution in [3.05, 3.63) is 47.5 Å². The van der Waals surface area contributed by atoms with E-state index in [1.54, 1.807) is 5.57 Å². The average Bonchev–Trinajstić information content (AvgIpc) is 3.35. The Morgan fingerprint density at radius 2 is 1.69 bits per heavy atom. The zero-order valence-corrected chi connectivity index (χ0v) is 27.5. The van der Waals surface area contributed by atoms with Gasteiger partial charge in [0.15, 0.2) is 0 Å². The minimum atomic E-state index is -0.154. The molecule has 3 nitrogen and oxygen atoms in total. The first-order valence-electron chi connectivity index (χ1n) is 17.9. The Hall–Kier alpha value is -1.61. The van der Waals surface area contributed by atoms with E-state index in [0.29, 0.717) is 17.0 Å². The topological polar surface area (TPSA) is 29.5 Å². The third-order valence-corrected chi connectivity index (χ3v) is 13.4. The Balaban J connectivity index is 1.25. The van der Waals surface area contributed by atoms with Crippen LogP contribution in [0.2, 0.25) is 0 Å². The Morgan fingerprint density at radius 1 is 0.929 bits per heavy atom. The maximum atomic E-state index is 13.0. The van der Waals surface area contributed by atoms with E-state index in [0.717, 1.165) is 54.8 Å². The van der Waals surface area contributed by atoms with E-state index in [-0.39, 0.29) is 17.5 Å². The molecule has 6 rings (SSSR count). The van der Waals surface area contributed by atoms with Crippen molar-refractivity contribution in [3.8, 4) is 0 Å². The third kappa shape index (κ3) is 5.66. The van der Waals surface area contributed by atoms with E-state index in [2.05, 4.69) is 45.6 Å². The van der Waals surface area contributed by atoms with Gasteiger partial charge in [-0.05, 0) is 123 Å². The van der Waals surface area contributed by atoms with E-state index in [4.69, 9.17) is 4.74 Å². The number of hydrogen-bond donors (Lipinski definition) is 0. The van der Waals surface area contributed by atoms with Gasteiger partial charge in [0.05, 0.1) is 5.56 Å². The summed E-state index contributed by atoms with van der Waals surface area (Å²) in [5.41, 5.74) is 3.05. The highest BCUT2D eigenvalue weighted by Crippen LogP contribution is 2.68. The number of nitrogens with zero attached hydrogens (tertiary/aromatic N) is 1. The fourth-order valence-electron chi connectivity index (χ4n) is 11.1. The summed E-state index contributed by atoms with van der Waals surface area (Å²) in [4.78, 5) is 15.9. The van der Waals surface area contributed by atoms with Crippen LogP contribution in [0.15, 0.2) is 42.0 Å². The fraction of sp³-hybridized carbons (Fsp3) is 0.769. The largest absolute Gasteiger partial charge is 0.458 e. The second-order valence-electron chi connectivity index (χ2n) is 16.2. The van der Waals surface area contributed by atoms with Crippen LogP contribution in [0, 0.1) is 46.3 Å². The van der Waals surface area contributed by atoms with Gasteiger partial charge < -0.3 is 4.74 Å². The first-order valence-corrected chi connectivity index (χ1v) is 17.9. The molecule has 1 aromatic carbocycles. The Kier molecular flexibility index (Phi) is 8.99. The van der Waals surface area contributed by atoms with Crippen LogP contribution >= 0.6 is 0 Å². The molecular weight excluding hydrogens is 514 g/mol. The molecule has 0 radical (unpaired) electrons. The van der Waals surface area contributed by atoms with Gasteiger partial charge in [-0.1, -0.05) is 90.2 Å². The summed E-state index contributed by atoms with van der Waals surface area (Å²) in [7, 11) is 0. The van der Waals surface area contributed by atoms with Gasteiger partial charge in [0.2, 0.25) is 0 Å². The molecule has 9 atom stereocenters. The Bertz CT molecular complexity index is 1100. The van der Waals surface area contributed by atoms with E-state index in [9.17, 15) is 4.79 Å². The van der Waals surface area contributed by atoms with Crippen LogP contribution in [0.3, 0.4) is 0 Å². The van der Waals surface area contributed by atoms with Crippen LogP contribution in [-0.4, -0.2) is 36.1 Å². The first kappa shape index (κ1) is 30.4. The van der Waals surface area contributed by atoms with Crippen molar-refractivity contribution in [2.75, 3.05) is 13.1 Å². The maximum Gasteiger partial charge on any atom is 0.338 e. The molecule has 1 saturated heterocycles. The number of carbonyl (C=O) groups excluding carboxylic acids is 1. The lowest BCUT2D eigenvalue weighted by molar-refractivity contribution is -0.0881. The van der Waals surface area contributed by atoms with Gasteiger partial charge in [-0.2, -0.15) is 0 Å². The van der Waals surface area contributed by atoms with E-state index in [1.807, 2.05) is 30.3 Å². The number of rotatable bonds is 8. The van der Waals surface area contributed by atoms with Gasteiger partial charge in [0.25, 0.3) is 0 Å². The highest BCUT2D eigenvalue weighted by atomic mass is 16.5. The van der Waals surface area contributed by atoms with Gasteiger partial charge in [0, 0.05) is 12.5 Å². The summed E-state index contributed by atoms with van der Waals surface area (Å²) in [5, 5.41) is 0. The molecule has 4 aliphatic carbocycles. The molecule has 1 heterocycles. The molecule has 1 aliphatic heterocycles. The lowest BCUT2D eigenvalue weighted by atomic mass is 9.45. The van der Waals surface area contributed by atoms with Crippen molar-refractivity contribution in [1.82, 2.24) is 4.90 Å². The molecule has 0 unspecified atom stereocenters. The van der Waals surface area contributed by atoms with Gasteiger partial charge in [0.1, 0.15) is 6.10 Å². The molecule has 0 N–H and O–H groups in total. The zero-order valence-electron chi connectivity index (χ0n) is 27.5. The van der Waals surface area contributed by atoms with Gasteiger partial charge in [-0.25, -0.2) is 4.79 Å². The third-order valence-electron chi connectivity index (χ3n) is 13.4. The van der Waals surface area contributed by atoms with Gasteiger partial charge in [-0.3, -0.25) is 4.90 Å². The maximum absolute atomic E-state index is 13.0. The summed E-state index contributed by atoms with van der Waals surface area (Å²) < 4.78 is 6.17.